The van der Waals surface area contributed by atoms with Crippen molar-refractivity contribution in [3.8, 4) is 5.75 Å². The van der Waals surface area contributed by atoms with E-state index >= 15 is 0 Å². The summed E-state index contributed by atoms with van der Waals surface area (Å²) in [5.41, 5.74) is 6.39. The van der Waals surface area contributed by atoms with Crippen LogP contribution in [0.15, 0.2) is 24.3 Å². The number of nitrogens with two attached hydrogens (primary N) is 1. The Balaban J connectivity index is 2.16. The first-order valence-electron chi connectivity index (χ1n) is 6.82. The Bertz CT molecular complexity index is 324. The second-order valence-electron chi connectivity index (χ2n) is 4.89. The zero-order valence-corrected chi connectivity index (χ0v) is 11.9. The molecule has 0 fully saturated rings. The molecule has 0 radical (unpaired) electrons. The SMILES string of the molecule is CCCC(C)N(C)CCCOc1ccc(N)cc1. The van der Waals surface area contributed by atoms with E-state index in [0.29, 0.717) is 6.04 Å². The Kier molecular flexibility index (Phi) is 6.58. The van der Waals surface area contributed by atoms with Crippen molar-refractivity contribution < 1.29 is 4.74 Å². The Hall–Kier alpha value is -1.22. The van der Waals surface area contributed by atoms with Crippen molar-refractivity contribution in [1.29, 1.82) is 0 Å². The molecular formula is C15H26N2O. The molecule has 3 heteroatoms. The van der Waals surface area contributed by atoms with Crippen LogP contribution < -0.4 is 10.5 Å². The summed E-state index contributed by atoms with van der Waals surface area (Å²) in [5, 5.41) is 0. The molecule has 0 saturated carbocycles. The Labute approximate surface area is 111 Å². The van der Waals surface area contributed by atoms with Crippen LogP contribution in [-0.2, 0) is 0 Å². The fourth-order valence-corrected chi connectivity index (χ4v) is 1.93. The molecule has 0 aliphatic carbocycles. The van der Waals surface area contributed by atoms with Crippen LogP contribution >= 0.6 is 0 Å². The number of nitrogen functional groups attached to an aromatic ring is 1. The molecule has 1 rings (SSSR count). The third-order valence-electron chi connectivity index (χ3n) is 3.26. The fourth-order valence-electron chi connectivity index (χ4n) is 1.93. The minimum Gasteiger partial charge on any atom is -0.494 e. The van der Waals surface area contributed by atoms with E-state index < -0.39 is 0 Å². The number of benzene rings is 1. The number of hydrogen-bond acceptors (Lipinski definition) is 3. The largest absolute Gasteiger partial charge is 0.494 e. The van der Waals surface area contributed by atoms with Crippen molar-refractivity contribution in [2.24, 2.45) is 0 Å². The van der Waals surface area contributed by atoms with E-state index in [-0.39, 0.29) is 0 Å². The summed E-state index contributed by atoms with van der Waals surface area (Å²) in [7, 11) is 2.18. The van der Waals surface area contributed by atoms with Gasteiger partial charge in [-0.15, -0.1) is 0 Å². The first-order valence-corrected chi connectivity index (χ1v) is 6.82. The molecule has 18 heavy (non-hydrogen) atoms. The van der Waals surface area contributed by atoms with Gasteiger partial charge in [0.05, 0.1) is 6.61 Å². The van der Waals surface area contributed by atoms with E-state index in [4.69, 9.17) is 10.5 Å². The summed E-state index contributed by atoms with van der Waals surface area (Å²) in [5.74, 6) is 0.897. The first kappa shape index (κ1) is 14.8. The van der Waals surface area contributed by atoms with Crippen LogP contribution in [0.25, 0.3) is 0 Å². The highest BCUT2D eigenvalue weighted by atomic mass is 16.5. The molecule has 0 amide bonds. The number of hydrogen-bond donors (Lipinski definition) is 1. The van der Waals surface area contributed by atoms with Gasteiger partial charge in [0.15, 0.2) is 0 Å². The molecule has 0 spiro atoms. The van der Waals surface area contributed by atoms with Crippen LogP contribution in [0.3, 0.4) is 0 Å². The maximum absolute atomic E-state index is 5.67. The molecule has 1 aromatic carbocycles. The normalized spacial score (nSPS) is 12.7. The molecule has 0 aromatic heterocycles. The number of ether oxygens (including phenoxy) is 1. The molecular weight excluding hydrogens is 224 g/mol. The van der Waals surface area contributed by atoms with Gasteiger partial charge in [0.25, 0.3) is 0 Å². The zero-order chi connectivity index (χ0) is 13.4. The number of rotatable bonds is 8. The van der Waals surface area contributed by atoms with Crippen LogP contribution in [-0.4, -0.2) is 31.1 Å². The molecule has 0 aliphatic heterocycles. The van der Waals surface area contributed by atoms with E-state index in [1.807, 2.05) is 24.3 Å². The van der Waals surface area contributed by atoms with E-state index in [9.17, 15) is 0 Å². The summed E-state index contributed by atoms with van der Waals surface area (Å²) in [6.07, 6.45) is 3.55. The minimum atomic E-state index is 0.659. The minimum absolute atomic E-state index is 0.659. The first-order chi connectivity index (χ1) is 8.63. The zero-order valence-electron chi connectivity index (χ0n) is 11.9. The predicted octanol–water partition coefficient (Wildman–Crippen LogP) is 3.16. The highest BCUT2D eigenvalue weighted by Crippen LogP contribution is 2.13. The van der Waals surface area contributed by atoms with Crippen LogP contribution in [0.5, 0.6) is 5.75 Å². The standard InChI is InChI=1S/C15H26N2O/c1-4-6-13(2)17(3)11-5-12-18-15-9-7-14(16)8-10-15/h7-10,13H,4-6,11-12,16H2,1-3H3. The molecule has 3 nitrogen and oxygen atoms in total. The molecule has 102 valence electrons. The lowest BCUT2D eigenvalue weighted by atomic mass is 10.2. The average molecular weight is 250 g/mol. The van der Waals surface area contributed by atoms with Crippen LogP contribution in [0.4, 0.5) is 5.69 Å². The van der Waals surface area contributed by atoms with Crippen molar-refractivity contribution >= 4 is 5.69 Å². The van der Waals surface area contributed by atoms with E-state index in [1.54, 1.807) is 0 Å². The van der Waals surface area contributed by atoms with Crippen molar-refractivity contribution in [2.45, 2.75) is 39.2 Å². The molecule has 1 unspecified atom stereocenters. The molecule has 0 saturated heterocycles. The van der Waals surface area contributed by atoms with Gasteiger partial charge in [-0.25, -0.2) is 0 Å². The second kappa shape index (κ2) is 7.98. The van der Waals surface area contributed by atoms with Crippen LogP contribution in [0.1, 0.15) is 33.1 Å². The van der Waals surface area contributed by atoms with Gasteiger partial charge in [0.1, 0.15) is 5.75 Å². The van der Waals surface area contributed by atoms with Gasteiger partial charge >= 0.3 is 0 Å². The summed E-state index contributed by atoms with van der Waals surface area (Å²) in [6.45, 7) is 6.35. The van der Waals surface area contributed by atoms with Crippen molar-refractivity contribution in [1.82, 2.24) is 4.90 Å². The summed E-state index contributed by atoms with van der Waals surface area (Å²) < 4.78 is 5.67. The smallest absolute Gasteiger partial charge is 0.119 e. The summed E-state index contributed by atoms with van der Waals surface area (Å²) in [6, 6.07) is 8.22. The third-order valence-corrected chi connectivity index (χ3v) is 3.26. The van der Waals surface area contributed by atoms with E-state index in [0.717, 1.165) is 31.0 Å². The molecule has 1 aromatic rings. The van der Waals surface area contributed by atoms with Gasteiger partial charge in [0, 0.05) is 18.3 Å². The molecule has 0 aliphatic rings. The molecule has 0 heterocycles. The fraction of sp³-hybridized carbons (Fsp3) is 0.600. The van der Waals surface area contributed by atoms with E-state index in [1.165, 1.54) is 12.8 Å². The van der Waals surface area contributed by atoms with E-state index in [2.05, 4.69) is 25.8 Å². The second-order valence-corrected chi connectivity index (χ2v) is 4.89. The monoisotopic (exact) mass is 250 g/mol. The maximum atomic E-state index is 5.67. The summed E-state index contributed by atoms with van der Waals surface area (Å²) in [4.78, 5) is 2.40. The van der Waals surface area contributed by atoms with Crippen molar-refractivity contribution in [3.05, 3.63) is 24.3 Å². The van der Waals surface area contributed by atoms with Gasteiger partial charge in [-0.3, -0.25) is 0 Å². The lowest BCUT2D eigenvalue weighted by Gasteiger charge is -2.24. The van der Waals surface area contributed by atoms with Crippen molar-refractivity contribution in [3.63, 3.8) is 0 Å². The van der Waals surface area contributed by atoms with Crippen LogP contribution in [0.2, 0.25) is 0 Å². The third kappa shape index (κ3) is 5.41. The Morgan fingerprint density at radius 1 is 1.28 bits per heavy atom. The van der Waals surface area contributed by atoms with Gasteiger partial charge < -0.3 is 15.4 Å². The van der Waals surface area contributed by atoms with Crippen LogP contribution in [0, 0.1) is 0 Å². The quantitative estimate of drug-likeness (QED) is 0.569. The molecule has 1 atom stereocenters. The van der Waals surface area contributed by atoms with Gasteiger partial charge in [0.2, 0.25) is 0 Å². The number of nitrogens with zero attached hydrogens (tertiary/aromatic N) is 1. The molecule has 0 bridgehead atoms. The lowest BCUT2D eigenvalue weighted by Crippen LogP contribution is -2.30. The number of anilines is 1. The summed E-state index contributed by atoms with van der Waals surface area (Å²) >= 11 is 0. The Morgan fingerprint density at radius 2 is 1.94 bits per heavy atom. The van der Waals surface area contributed by atoms with Gasteiger partial charge in [-0.2, -0.15) is 0 Å². The highest BCUT2D eigenvalue weighted by Gasteiger charge is 2.07. The van der Waals surface area contributed by atoms with Gasteiger partial charge in [-0.05, 0) is 51.1 Å². The topological polar surface area (TPSA) is 38.5 Å². The van der Waals surface area contributed by atoms with Gasteiger partial charge in [-0.1, -0.05) is 13.3 Å². The lowest BCUT2D eigenvalue weighted by molar-refractivity contribution is 0.216. The highest BCUT2D eigenvalue weighted by molar-refractivity contribution is 5.41. The predicted molar refractivity (Wildman–Crippen MR) is 78.0 cm³/mol. The van der Waals surface area contributed by atoms with Crippen molar-refractivity contribution in [2.75, 3.05) is 25.9 Å². The Morgan fingerprint density at radius 3 is 2.56 bits per heavy atom. The maximum Gasteiger partial charge on any atom is 0.119 e. The average Bonchev–Trinajstić information content (AvgIpc) is 2.36. The molecule has 2 N–H and O–H groups in total.